The van der Waals surface area contributed by atoms with E-state index >= 15 is 0 Å². The Kier molecular flexibility index (Phi) is 5.11. The maximum absolute atomic E-state index is 11.0. The Hall–Kier alpha value is -1.60. The average molecular weight is 260 g/mol. The predicted molar refractivity (Wildman–Crippen MR) is 58.2 cm³/mol. The lowest BCUT2D eigenvalue weighted by atomic mass is 10.1. The first-order valence-electron chi connectivity index (χ1n) is 5.33. The number of hydrogen-bond donors (Lipinski definition) is 1. The van der Waals surface area contributed by atoms with Gasteiger partial charge in [0, 0.05) is 27.0 Å². The first kappa shape index (κ1) is 14.5. The fourth-order valence-corrected chi connectivity index (χ4v) is 1.57. The van der Waals surface area contributed by atoms with Gasteiger partial charge in [-0.15, -0.1) is 0 Å². The van der Waals surface area contributed by atoms with Crippen molar-refractivity contribution in [2.24, 2.45) is 0 Å². The highest BCUT2D eigenvalue weighted by Crippen LogP contribution is 2.23. The zero-order valence-electron chi connectivity index (χ0n) is 10.4. The third-order valence-corrected chi connectivity index (χ3v) is 2.20. The summed E-state index contributed by atoms with van der Waals surface area (Å²) in [7, 11) is 1.35. The Morgan fingerprint density at radius 2 is 1.94 bits per heavy atom. The lowest BCUT2D eigenvalue weighted by Gasteiger charge is -2.34. The highest BCUT2D eigenvalue weighted by atomic mass is 16.7. The molecule has 0 amide bonds. The van der Waals surface area contributed by atoms with Gasteiger partial charge in [-0.3, -0.25) is 9.59 Å². The Morgan fingerprint density at radius 1 is 1.33 bits per heavy atom. The average Bonchev–Trinajstić information content (AvgIpc) is 2.29. The summed E-state index contributed by atoms with van der Waals surface area (Å²) in [5, 5.41) is 9.03. The molecule has 0 aromatic carbocycles. The Balaban J connectivity index is 2.94. The summed E-state index contributed by atoms with van der Waals surface area (Å²) in [5.41, 5.74) is 0. The first-order chi connectivity index (χ1) is 8.47. The van der Waals surface area contributed by atoms with Crippen LogP contribution in [0.3, 0.4) is 0 Å². The van der Waals surface area contributed by atoms with Crippen molar-refractivity contribution >= 4 is 11.9 Å². The van der Waals surface area contributed by atoms with E-state index in [0.29, 0.717) is 0 Å². The van der Waals surface area contributed by atoms with Gasteiger partial charge in [-0.1, -0.05) is 0 Å². The molecule has 0 aliphatic carbocycles. The zero-order chi connectivity index (χ0) is 13.7. The summed E-state index contributed by atoms with van der Waals surface area (Å²) < 4.78 is 20.3. The van der Waals surface area contributed by atoms with Gasteiger partial charge in [-0.05, 0) is 0 Å². The SMILES string of the molecule is COC1OC(CO)=CC(OC(C)=O)C1OC(C)=O. The van der Waals surface area contributed by atoms with Crippen molar-refractivity contribution in [3.05, 3.63) is 11.8 Å². The highest BCUT2D eigenvalue weighted by Gasteiger charge is 2.39. The molecule has 7 nitrogen and oxygen atoms in total. The lowest BCUT2D eigenvalue weighted by molar-refractivity contribution is -0.217. The van der Waals surface area contributed by atoms with Crippen LogP contribution in [0.1, 0.15) is 13.8 Å². The number of aliphatic hydroxyl groups excluding tert-OH is 1. The summed E-state index contributed by atoms with van der Waals surface area (Å²) in [5.74, 6) is -0.900. The van der Waals surface area contributed by atoms with Gasteiger partial charge >= 0.3 is 11.9 Å². The summed E-state index contributed by atoms with van der Waals surface area (Å²) in [6, 6.07) is 0. The van der Waals surface area contributed by atoms with Crippen LogP contribution in [0.4, 0.5) is 0 Å². The minimum Gasteiger partial charge on any atom is -0.463 e. The third-order valence-electron chi connectivity index (χ3n) is 2.20. The van der Waals surface area contributed by atoms with Crippen molar-refractivity contribution in [1.29, 1.82) is 0 Å². The predicted octanol–water partition coefficient (Wildman–Crippen LogP) is -0.271. The molecule has 1 rings (SSSR count). The molecule has 0 spiro atoms. The minimum absolute atomic E-state index is 0.191. The van der Waals surface area contributed by atoms with E-state index in [1.54, 1.807) is 0 Å². The topological polar surface area (TPSA) is 91.3 Å². The molecule has 1 aliphatic rings. The molecule has 3 atom stereocenters. The summed E-state index contributed by atoms with van der Waals surface area (Å²) in [6.07, 6.45) is -1.32. The van der Waals surface area contributed by atoms with Crippen LogP contribution in [-0.2, 0) is 28.5 Å². The lowest BCUT2D eigenvalue weighted by Crippen LogP contribution is -2.47. The number of methoxy groups -OCH3 is 1. The monoisotopic (exact) mass is 260 g/mol. The van der Waals surface area contributed by atoms with E-state index in [-0.39, 0.29) is 12.4 Å². The van der Waals surface area contributed by atoms with Crippen molar-refractivity contribution in [2.75, 3.05) is 13.7 Å². The summed E-state index contributed by atoms with van der Waals surface area (Å²) in [4.78, 5) is 22.0. The van der Waals surface area contributed by atoms with E-state index in [4.69, 9.17) is 24.1 Å². The smallest absolute Gasteiger partial charge is 0.303 e. The van der Waals surface area contributed by atoms with Gasteiger partial charge in [0.15, 0.2) is 6.10 Å². The summed E-state index contributed by atoms with van der Waals surface area (Å²) in [6.45, 7) is 2.09. The fourth-order valence-electron chi connectivity index (χ4n) is 1.57. The molecule has 1 aliphatic heterocycles. The number of ether oxygens (including phenoxy) is 4. The Morgan fingerprint density at radius 3 is 2.39 bits per heavy atom. The number of hydrogen-bond acceptors (Lipinski definition) is 7. The van der Waals surface area contributed by atoms with Crippen LogP contribution < -0.4 is 0 Å². The molecule has 0 radical (unpaired) electrons. The van der Waals surface area contributed by atoms with Crippen LogP contribution >= 0.6 is 0 Å². The maximum Gasteiger partial charge on any atom is 0.303 e. The second kappa shape index (κ2) is 6.36. The molecule has 1 heterocycles. The fraction of sp³-hybridized carbons (Fsp3) is 0.636. The second-order valence-electron chi connectivity index (χ2n) is 3.66. The van der Waals surface area contributed by atoms with Crippen LogP contribution in [0.5, 0.6) is 0 Å². The number of aliphatic hydroxyl groups is 1. The third kappa shape index (κ3) is 3.71. The zero-order valence-corrected chi connectivity index (χ0v) is 10.4. The minimum atomic E-state index is -0.939. The Bertz CT molecular complexity index is 349. The molecule has 0 fully saturated rings. The molecule has 18 heavy (non-hydrogen) atoms. The molecule has 0 aromatic rings. The van der Waals surface area contributed by atoms with Crippen molar-refractivity contribution in [2.45, 2.75) is 32.3 Å². The molecular formula is C11H16O7. The normalized spacial score (nSPS) is 26.9. The van der Waals surface area contributed by atoms with Gasteiger partial charge in [0.05, 0.1) is 0 Å². The number of carbonyl (C=O) groups excluding carboxylic acids is 2. The van der Waals surface area contributed by atoms with Crippen molar-refractivity contribution in [1.82, 2.24) is 0 Å². The molecule has 0 aromatic heterocycles. The van der Waals surface area contributed by atoms with Crippen LogP contribution in [0, 0.1) is 0 Å². The van der Waals surface area contributed by atoms with Crippen LogP contribution in [0.2, 0.25) is 0 Å². The molecule has 0 bridgehead atoms. The van der Waals surface area contributed by atoms with Gasteiger partial charge in [-0.25, -0.2) is 0 Å². The molecule has 0 saturated heterocycles. The van der Waals surface area contributed by atoms with E-state index in [9.17, 15) is 9.59 Å². The van der Waals surface area contributed by atoms with Crippen LogP contribution in [0.15, 0.2) is 11.8 Å². The largest absolute Gasteiger partial charge is 0.463 e. The number of esters is 2. The van der Waals surface area contributed by atoms with E-state index in [1.165, 1.54) is 27.0 Å². The van der Waals surface area contributed by atoms with Crippen molar-refractivity contribution in [3.8, 4) is 0 Å². The molecule has 3 unspecified atom stereocenters. The molecule has 1 N–H and O–H groups in total. The van der Waals surface area contributed by atoms with E-state index in [2.05, 4.69) is 0 Å². The highest BCUT2D eigenvalue weighted by molar-refractivity contribution is 5.67. The van der Waals surface area contributed by atoms with Crippen molar-refractivity contribution in [3.63, 3.8) is 0 Å². The van der Waals surface area contributed by atoms with Crippen LogP contribution in [0.25, 0.3) is 0 Å². The quantitative estimate of drug-likeness (QED) is 0.695. The molecule has 102 valence electrons. The van der Waals surface area contributed by atoms with Crippen molar-refractivity contribution < 1.29 is 33.6 Å². The second-order valence-corrected chi connectivity index (χ2v) is 3.66. The van der Waals surface area contributed by atoms with Crippen LogP contribution in [-0.4, -0.2) is 49.3 Å². The van der Waals surface area contributed by atoms with E-state index in [0.717, 1.165) is 0 Å². The summed E-state index contributed by atoms with van der Waals surface area (Å²) >= 11 is 0. The van der Waals surface area contributed by atoms with Gasteiger partial charge in [0.1, 0.15) is 12.4 Å². The van der Waals surface area contributed by atoms with Gasteiger partial charge < -0.3 is 24.1 Å². The Labute approximate surface area is 104 Å². The van der Waals surface area contributed by atoms with Gasteiger partial charge in [-0.2, -0.15) is 0 Å². The maximum atomic E-state index is 11.0. The number of rotatable bonds is 4. The molecule has 7 heteroatoms. The number of carbonyl (C=O) groups is 2. The molecular weight excluding hydrogens is 244 g/mol. The van der Waals surface area contributed by atoms with Gasteiger partial charge in [0.2, 0.25) is 12.4 Å². The standard InChI is InChI=1S/C11H16O7/c1-6(13)16-9-4-8(5-12)18-11(15-3)10(9)17-7(2)14/h4,9-12H,5H2,1-3H3. The first-order valence-corrected chi connectivity index (χ1v) is 5.33. The van der Waals surface area contributed by atoms with E-state index in [1.807, 2.05) is 0 Å². The van der Waals surface area contributed by atoms with E-state index < -0.39 is 30.4 Å². The molecule has 0 saturated carbocycles. The van der Waals surface area contributed by atoms with Gasteiger partial charge in [0.25, 0.3) is 0 Å².